The van der Waals surface area contributed by atoms with Gasteiger partial charge in [-0.15, -0.1) is 11.3 Å². The normalized spacial score (nSPS) is 17.8. The summed E-state index contributed by atoms with van der Waals surface area (Å²) in [6.45, 7) is -0.631. The molecule has 4 rings (SSSR count). The van der Waals surface area contributed by atoms with E-state index in [0.29, 0.717) is 54.0 Å². The maximum absolute atomic E-state index is 13.0. The third-order valence-electron chi connectivity index (χ3n) is 6.48. The summed E-state index contributed by atoms with van der Waals surface area (Å²) in [5.74, 6) is 0.584. The Morgan fingerprint density at radius 3 is 2.16 bits per heavy atom. The molecule has 234 valence electrons. The lowest BCUT2D eigenvalue weighted by atomic mass is 9.95. The van der Waals surface area contributed by atoms with Crippen LogP contribution in [0.25, 0.3) is 10.4 Å². The molecule has 8 nitrogen and oxygen atoms in total. The highest BCUT2D eigenvalue weighted by Crippen LogP contribution is 2.39. The van der Waals surface area contributed by atoms with Crippen LogP contribution in [0, 0.1) is 0 Å². The molecule has 1 aliphatic carbocycles. The number of sulfonamides is 1. The standard InChI is InChI=1S/C27H27F6N3O5S2/c28-26(29,30)16-13-17(27(31,32)33)15-18(14-16)36-25(38)34-11-12-35-43(39,40)24-10-9-23(42-24)21-3-1-2-4-22(21)41-20-7-5-19(37)6-8-20/h1-4,9-10,13-15,19-20,35,37H,5-8,11-12H2,(H2,34,36,38). The molecule has 4 N–H and O–H groups in total. The molecule has 0 spiro atoms. The van der Waals surface area contributed by atoms with E-state index in [1.54, 1.807) is 30.3 Å². The van der Waals surface area contributed by atoms with Gasteiger partial charge in [0.15, 0.2) is 0 Å². The number of para-hydroxylation sites is 1. The lowest BCUT2D eigenvalue weighted by molar-refractivity contribution is -0.143. The van der Waals surface area contributed by atoms with Gasteiger partial charge >= 0.3 is 18.4 Å². The number of anilines is 1. The van der Waals surface area contributed by atoms with Gasteiger partial charge in [-0.1, -0.05) is 12.1 Å². The van der Waals surface area contributed by atoms with Crippen LogP contribution < -0.4 is 20.1 Å². The van der Waals surface area contributed by atoms with E-state index in [1.807, 2.05) is 5.32 Å². The highest BCUT2D eigenvalue weighted by molar-refractivity contribution is 7.91. The third-order valence-corrected chi connectivity index (χ3v) is 9.56. The third kappa shape index (κ3) is 8.84. The van der Waals surface area contributed by atoms with Crippen molar-refractivity contribution in [3.8, 4) is 16.2 Å². The van der Waals surface area contributed by atoms with Crippen molar-refractivity contribution in [2.75, 3.05) is 18.4 Å². The minimum atomic E-state index is -5.08. The Morgan fingerprint density at radius 2 is 1.53 bits per heavy atom. The molecule has 43 heavy (non-hydrogen) atoms. The number of hydrogen-bond donors (Lipinski definition) is 4. The fourth-order valence-electron chi connectivity index (χ4n) is 4.36. The number of hydrogen-bond acceptors (Lipinski definition) is 6. The summed E-state index contributed by atoms with van der Waals surface area (Å²) < 4.78 is 112. The van der Waals surface area contributed by atoms with Gasteiger partial charge in [0.1, 0.15) is 9.96 Å². The molecular formula is C27H27F6N3O5S2. The van der Waals surface area contributed by atoms with Crippen molar-refractivity contribution in [2.24, 2.45) is 0 Å². The molecule has 1 aromatic heterocycles. The highest BCUT2D eigenvalue weighted by atomic mass is 32.2. The van der Waals surface area contributed by atoms with Crippen LogP contribution in [0.1, 0.15) is 36.8 Å². The molecule has 1 fully saturated rings. The number of rotatable bonds is 9. The smallest absolute Gasteiger partial charge is 0.416 e. The van der Waals surface area contributed by atoms with Crippen LogP contribution in [0.2, 0.25) is 0 Å². The van der Waals surface area contributed by atoms with Crippen LogP contribution in [0.15, 0.2) is 58.8 Å². The first-order valence-electron chi connectivity index (χ1n) is 13.0. The number of ether oxygens (including phenoxy) is 1. The van der Waals surface area contributed by atoms with E-state index in [2.05, 4.69) is 10.0 Å². The fraction of sp³-hybridized carbons (Fsp3) is 0.370. The Labute approximate surface area is 247 Å². The molecule has 0 bridgehead atoms. The largest absolute Gasteiger partial charge is 0.490 e. The molecule has 0 aliphatic heterocycles. The van der Waals surface area contributed by atoms with E-state index >= 15 is 0 Å². The van der Waals surface area contributed by atoms with E-state index in [9.17, 15) is 44.7 Å². The minimum absolute atomic E-state index is 0.0220. The molecule has 3 aromatic rings. The maximum Gasteiger partial charge on any atom is 0.416 e. The minimum Gasteiger partial charge on any atom is -0.490 e. The summed E-state index contributed by atoms with van der Waals surface area (Å²) in [6, 6.07) is 9.72. The first-order chi connectivity index (χ1) is 20.1. The number of benzene rings is 2. The molecular weight excluding hydrogens is 624 g/mol. The number of amides is 2. The highest BCUT2D eigenvalue weighted by Gasteiger charge is 2.37. The predicted molar refractivity (Wildman–Crippen MR) is 147 cm³/mol. The summed E-state index contributed by atoms with van der Waals surface area (Å²) >= 11 is 0.988. The van der Waals surface area contributed by atoms with Crippen molar-refractivity contribution in [3.63, 3.8) is 0 Å². The number of urea groups is 1. The molecule has 1 heterocycles. The molecule has 0 atom stereocenters. The molecule has 2 aromatic carbocycles. The summed E-state index contributed by atoms with van der Waals surface area (Å²) in [4.78, 5) is 12.7. The van der Waals surface area contributed by atoms with Crippen molar-refractivity contribution in [1.29, 1.82) is 0 Å². The second kappa shape index (κ2) is 13.1. The molecule has 16 heteroatoms. The Kier molecular flexibility index (Phi) is 9.93. The number of nitrogens with one attached hydrogen (secondary N) is 3. The second-order valence-corrected chi connectivity index (χ2v) is 12.8. The second-order valence-electron chi connectivity index (χ2n) is 9.74. The summed E-state index contributed by atoms with van der Waals surface area (Å²) in [6.07, 6.45) is -7.89. The van der Waals surface area contributed by atoms with Crippen LogP contribution in [-0.4, -0.2) is 44.9 Å². The van der Waals surface area contributed by atoms with Crippen molar-refractivity contribution in [3.05, 3.63) is 65.7 Å². The summed E-state index contributed by atoms with van der Waals surface area (Å²) in [5, 5.41) is 13.8. The molecule has 0 saturated heterocycles. The Morgan fingerprint density at radius 1 is 0.907 bits per heavy atom. The molecule has 1 saturated carbocycles. The number of carbonyl (C=O) groups is 1. The number of thiophene rings is 1. The van der Waals surface area contributed by atoms with Crippen LogP contribution in [0.4, 0.5) is 36.8 Å². The fourth-order valence-corrected chi connectivity index (χ4v) is 6.77. The van der Waals surface area contributed by atoms with Gasteiger partial charge in [-0.05, 0) is 68.1 Å². The molecule has 2 amide bonds. The maximum atomic E-state index is 13.0. The van der Waals surface area contributed by atoms with Crippen molar-refractivity contribution in [1.82, 2.24) is 10.0 Å². The van der Waals surface area contributed by atoms with Crippen LogP contribution in [-0.2, 0) is 22.4 Å². The van der Waals surface area contributed by atoms with E-state index in [4.69, 9.17) is 4.74 Å². The zero-order valence-electron chi connectivity index (χ0n) is 22.3. The van der Waals surface area contributed by atoms with Crippen molar-refractivity contribution in [2.45, 2.75) is 54.5 Å². The predicted octanol–water partition coefficient (Wildman–Crippen LogP) is 6.24. The van der Waals surface area contributed by atoms with Gasteiger partial charge in [0.25, 0.3) is 0 Å². The van der Waals surface area contributed by atoms with Crippen LogP contribution >= 0.6 is 11.3 Å². The van der Waals surface area contributed by atoms with Crippen molar-refractivity contribution >= 4 is 33.1 Å². The van der Waals surface area contributed by atoms with Gasteiger partial charge in [-0.25, -0.2) is 17.9 Å². The molecule has 1 aliphatic rings. The Hall–Kier alpha value is -3.34. The number of aliphatic hydroxyl groups excluding tert-OH is 1. The van der Waals surface area contributed by atoms with E-state index < -0.39 is 45.2 Å². The van der Waals surface area contributed by atoms with Gasteiger partial charge in [-0.2, -0.15) is 26.3 Å². The summed E-state index contributed by atoms with van der Waals surface area (Å²) in [7, 11) is -4.02. The topological polar surface area (TPSA) is 117 Å². The Bertz CT molecular complexity index is 1500. The zero-order chi connectivity index (χ0) is 31.4. The van der Waals surface area contributed by atoms with Gasteiger partial charge < -0.3 is 20.5 Å². The summed E-state index contributed by atoms with van der Waals surface area (Å²) in [5.41, 5.74) is -3.23. The van der Waals surface area contributed by atoms with E-state index in [1.165, 1.54) is 6.07 Å². The van der Waals surface area contributed by atoms with Gasteiger partial charge in [0.05, 0.1) is 23.3 Å². The number of carbonyl (C=O) groups excluding carboxylic acids is 1. The van der Waals surface area contributed by atoms with Gasteiger partial charge in [0, 0.05) is 29.2 Å². The van der Waals surface area contributed by atoms with E-state index in [-0.39, 0.29) is 35.6 Å². The van der Waals surface area contributed by atoms with Crippen LogP contribution in [0.5, 0.6) is 5.75 Å². The number of aliphatic hydroxyl groups is 1. The van der Waals surface area contributed by atoms with Crippen LogP contribution in [0.3, 0.4) is 0 Å². The monoisotopic (exact) mass is 651 g/mol. The van der Waals surface area contributed by atoms with Gasteiger partial charge in [0.2, 0.25) is 10.0 Å². The lowest BCUT2D eigenvalue weighted by Gasteiger charge is -2.27. The first kappa shape index (κ1) is 32.6. The average Bonchev–Trinajstić information content (AvgIpc) is 3.43. The van der Waals surface area contributed by atoms with Gasteiger partial charge in [-0.3, -0.25) is 0 Å². The first-order valence-corrected chi connectivity index (χ1v) is 15.3. The lowest BCUT2D eigenvalue weighted by Crippen LogP contribution is -2.36. The number of alkyl halides is 6. The number of halogens is 6. The Balaban J connectivity index is 1.33. The zero-order valence-corrected chi connectivity index (χ0v) is 23.9. The SMILES string of the molecule is O=C(NCCNS(=O)(=O)c1ccc(-c2ccccc2OC2CCC(O)CC2)s1)Nc1cc(C(F)(F)F)cc(C(F)(F)F)c1. The van der Waals surface area contributed by atoms with E-state index in [0.717, 1.165) is 11.3 Å². The molecule has 0 radical (unpaired) electrons. The van der Waals surface area contributed by atoms with Crippen molar-refractivity contribution < 1.29 is 49.4 Å². The molecule has 0 unspecified atom stereocenters. The average molecular weight is 652 g/mol. The quantitative estimate of drug-likeness (QED) is 0.162.